The van der Waals surface area contributed by atoms with Crippen LogP contribution in [-0.2, 0) is 9.22 Å². The van der Waals surface area contributed by atoms with Crippen LogP contribution in [-0.4, -0.2) is 20.2 Å². The zero-order valence-corrected chi connectivity index (χ0v) is 22.8. The third kappa shape index (κ3) is 3.55. The molecule has 0 radical (unpaired) electrons. The summed E-state index contributed by atoms with van der Waals surface area (Å²) in [6.45, 7) is 21.5. The second-order valence-corrected chi connectivity index (χ2v) is 18.5. The lowest BCUT2D eigenvalue weighted by atomic mass is 9.44. The molecule has 176 valence electrons. The minimum atomic E-state index is -1.98. The van der Waals surface area contributed by atoms with E-state index >= 15 is 0 Å². The summed E-state index contributed by atoms with van der Waals surface area (Å²) < 4.78 is 6.76. The monoisotopic (exact) mass is 444 g/mol. The van der Waals surface area contributed by atoms with Crippen LogP contribution >= 0.6 is 0 Å². The van der Waals surface area contributed by atoms with Gasteiger partial charge in [-0.15, -0.1) is 0 Å². The summed E-state index contributed by atoms with van der Waals surface area (Å²) in [4.78, 5) is 13.2. The van der Waals surface area contributed by atoms with Gasteiger partial charge in [0, 0.05) is 0 Å². The van der Waals surface area contributed by atoms with Crippen molar-refractivity contribution in [3.63, 3.8) is 0 Å². The molecule has 0 aromatic rings. The Kier molecular flexibility index (Phi) is 5.78. The molecule has 0 saturated heterocycles. The van der Waals surface area contributed by atoms with Crippen LogP contribution in [0.3, 0.4) is 0 Å². The van der Waals surface area contributed by atoms with Crippen molar-refractivity contribution in [3.8, 4) is 0 Å². The van der Waals surface area contributed by atoms with Gasteiger partial charge in [0.05, 0.1) is 0 Å². The summed E-state index contributed by atoms with van der Waals surface area (Å²) in [5.74, 6) is 4.28. The van der Waals surface area contributed by atoms with Gasteiger partial charge in [0.1, 0.15) is 6.10 Å². The van der Waals surface area contributed by atoms with E-state index in [-0.39, 0.29) is 22.3 Å². The van der Waals surface area contributed by atoms with Crippen molar-refractivity contribution in [3.05, 3.63) is 11.6 Å². The number of allylic oxidation sites excluding steroid dienone is 1. The van der Waals surface area contributed by atoms with Gasteiger partial charge in [-0.3, -0.25) is 4.79 Å². The number of hydrogen-bond acceptors (Lipinski definition) is 2. The Morgan fingerprint density at radius 3 is 2.42 bits per heavy atom. The van der Waals surface area contributed by atoms with E-state index in [2.05, 4.69) is 61.6 Å². The Balaban J connectivity index is 1.65. The van der Waals surface area contributed by atoms with Crippen LogP contribution < -0.4 is 0 Å². The SMILES string of the molecule is CC[C@H]1CC[C@H]2[C@@H]3[C@@H](C)CC4=CC(=O)C(O[Si](C)(C)C(C)(C)C)C[C@]4(C)[C@H]3CC[C@]12C. The van der Waals surface area contributed by atoms with E-state index in [1.54, 1.807) is 0 Å². The quantitative estimate of drug-likeness (QED) is 0.415. The van der Waals surface area contributed by atoms with Gasteiger partial charge in [-0.1, -0.05) is 60.5 Å². The van der Waals surface area contributed by atoms with E-state index in [0.29, 0.717) is 11.3 Å². The minimum Gasteiger partial charge on any atom is -0.407 e. The molecule has 4 aliphatic carbocycles. The maximum atomic E-state index is 13.2. The summed E-state index contributed by atoms with van der Waals surface area (Å²) in [6.07, 6.45) is 10.8. The minimum absolute atomic E-state index is 0.132. The lowest BCUT2D eigenvalue weighted by molar-refractivity contribution is -0.129. The molecule has 2 nitrogen and oxygen atoms in total. The lowest BCUT2D eigenvalue weighted by Gasteiger charge is -2.61. The first kappa shape index (κ1) is 23.7. The number of carbonyl (C=O) groups is 1. The molecule has 0 N–H and O–H groups in total. The predicted molar refractivity (Wildman–Crippen MR) is 132 cm³/mol. The van der Waals surface area contributed by atoms with E-state index in [4.69, 9.17) is 4.43 Å². The average Bonchev–Trinajstić information content (AvgIpc) is 2.99. The third-order valence-electron chi connectivity index (χ3n) is 11.3. The van der Waals surface area contributed by atoms with Crippen LogP contribution in [0.1, 0.15) is 93.4 Å². The maximum Gasteiger partial charge on any atom is 0.193 e. The molecule has 3 saturated carbocycles. The van der Waals surface area contributed by atoms with Crippen molar-refractivity contribution in [2.24, 2.45) is 40.4 Å². The van der Waals surface area contributed by atoms with Gasteiger partial charge in [-0.25, -0.2) is 0 Å². The third-order valence-corrected chi connectivity index (χ3v) is 15.7. The lowest BCUT2D eigenvalue weighted by Crippen LogP contribution is -2.56. The first-order valence-electron chi connectivity index (χ1n) is 13.2. The highest BCUT2D eigenvalue weighted by atomic mass is 28.4. The summed E-state index contributed by atoms with van der Waals surface area (Å²) in [6, 6.07) is 0. The van der Waals surface area contributed by atoms with Gasteiger partial charge in [-0.2, -0.15) is 0 Å². The molecule has 0 aliphatic heterocycles. The first-order chi connectivity index (χ1) is 14.2. The maximum absolute atomic E-state index is 13.2. The Morgan fingerprint density at radius 1 is 1.13 bits per heavy atom. The Labute approximate surface area is 193 Å². The summed E-state index contributed by atoms with van der Waals surface area (Å²) in [5.41, 5.74) is 2.14. The molecule has 0 bridgehead atoms. The fourth-order valence-corrected chi connectivity index (χ4v) is 9.62. The van der Waals surface area contributed by atoms with E-state index in [1.165, 1.54) is 37.7 Å². The molecule has 0 spiro atoms. The standard InChI is InChI=1S/C28H48O2Si/c1-10-19-11-12-21-25-18(2)15-20-16-23(29)24(30-31(8,9)26(3,4)5)17-28(20,7)22(25)13-14-27(19,21)6/h16,18-19,21-22,24-25H,10-15,17H2,1-9H3/t18-,19-,21-,22-,24?,25-,27+,28-/m0/s1. The van der Waals surface area contributed by atoms with Gasteiger partial charge in [0.2, 0.25) is 0 Å². The number of rotatable bonds is 3. The van der Waals surface area contributed by atoms with E-state index in [0.717, 1.165) is 36.5 Å². The van der Waals surface area contributed by atoms with Crippen molar-refractivity contribution in [2.75, 3.05) is 0 Å². The molecule has 0 aromatic carbocycles. The second-order valence-electron chi connectivity index (χ2n) is 13.8. The van der Waals surface area contributed by atoms with Gasteiger partial charge in [-0.05, 0) is 103 Å². The van der Waals surface area contributed by atoms with E-state index < -0.39 is 8.32 Å². The number of hydrogen-bond donors (Lipinski definition) is 0. The zero-order chi connectivity index (χ0) is 23.0. The topological polar surface area (TPSA) is 26.3 Å². The highest BCUT2D eigenvalue weighted by Gasteiger charge is 2.61. The van der Waals surface area contributed by atoms with Crippen LogP contribution in [0.5, 0.6) is 0 Å². The van der Waals surface area contributed by atoms with Gasteiger partial charge >= 0.3 is 0 Å². The summed E-state index contributed by atoms with van der Waals surface area (Å²) in [7, 11) is -1.98. The Morgan fingerprint density at radius 2 is 1.81 bits per heavy atom. The molecular weight excluding hydrogens is 396 g/mol. The molecule has 3 fully saturated rings. The van der Waals surface area contributed by atoms with E-state index in [1.807, 2.05) is 6.08 Å². The molecule has 0 aromatic heterocycles. The summed E-state index contributed by atoms with van der Waals surface area (Å²) >= 11 is 0. The highest BCUT2D eigenvalue weighted by Crippen LogP contribution is 2.68. The molecule has 8 atom stereocenters. The molecule has 0 heterocycles. The van der Waals surface area contributed by atoms with Crippen molar-refractivity contribution >= 4 is 14.1 Å². The number of carbonyl (C=O) groups excluding carboxylic acids is 1. The van der Waals surface area contributed by atoms with Gasteiger partial charge < -0.3 is 4.43 Å². The van der Waals surface area contributed by atoms with Crippen molar-refractivity contribution < 1.29 is 9.22 Å². The largest absolute Gasteiger partial charge is 0.407 e. The predicted octanol–water partition coefficient (Wildman–Crippen LogP) is 7.79. The zero-order valence-electron chi connectivity index (χ0n) is 21.8. The van der Waals surface area contributed by atoms with Crippen molar-refractivity contribution in [2.45, 2.75) is 118 Å². The summed E-state index contributed by atoms with van der Waals surface area (Å²) in [5, 5.41) is 0.132. The van der Waals surface area contributed by atoms with Gasteiger partial charge in [0.25, 0.3) is 0 Å². The molecule has 3 heteroatoms. The van der Waals surface area contributed by atoms with E-state index in [9.17, 15) is 4.79 Å². The molecule has 4 aliphatic rings. The molecule has 1 unspecified atom stereocenters. The van der Waals surface area contributed by atoms with Crippen LogP contribution in [0.15, 0.2) is 11.6 Å². The molecular formula is C28H48O2Si. The molecule has 4 rings (SSSR count). The highest BCUT2D eigenvalue weighted by molar-refractivity contribution is 6.74. The fourth-order valence-electron chi connectivity index (χ4n) is 8.35. The van der Waals surface area contributed by atoms with Crippen LogP contribution in [0.4, 0.5) is 0 Å². The fraction of sp³-hybridized carbons (Fsp3) is 0.893. The Bertz CT molecular complexity index is 761. The first-order valence-corrected chi connectivity index (χ1v) is 16.1. The van der Waals surface area contributed by atoms with Crippen molar-refractivity contribution in [1.82, 2.24) is 0 Å². The van der Waals surface area contributed by atoms with Gasteiger partial charge in [0.15, 0.2) is 14.1 Å². The Hall–Kier alpha value is -0.413. The van der Waals surface area contributed by atoms with Crippen LogP contribution in [0.25, 0.3) is 0 Å². The second kappa shape index (κ2) is 7.55. The number of ketones is 1. The normalized spacial score (nSPS) is 45.6. The van der Waals surface area contributed by atoms with Crippen LogP contribution in [0, 0.1) is 40.4 Å². The smallest absolute Gasteiger partial charge is 0.193 e. The van der Waals surface area contributed by atoms with Crippen LogP contribution in [0.2, 0.25) is 18.1 Å². The average molecular weight is 445 g/mol. The number of fused-ring (bicyclic) bond motifs is 5. The molecule has 0 amide bonds. The van der Waals surface area contributed by atoms with Crippen molar-refractivity contribution in [1.29, 1.82) is 0 Å². The molecule has 31 heavy (non-hydrogen) atoms.